The number of hydrogen-bond acceptors (Lipinski definition) is 13. The number of aromatic nitrogens is 8. The number of benzene rings is 2. The molecule has 1 unspecified atom stereocenters. The Labute approximate surface area is 509 Å². The Morgan fingerprint density at radius 3 is 1.47 bits per heavy atom. The summed E-state index contributed by atoms with van der Waals surface area (Å²) in [6.45, 7) is 34.9. The molecule has 4 aromatic heterocycles. The van der Waals surface area contributed by atoms with E-state index in [1.807, 2.05) is 76.7 Å². The lowest BCUT2D eigenvalue weighted by Gasteiger charge is -2.58. The molecule has 85 heavy (non-hydrogen) atoms. The summed E-state index contributed by atoms with van der Waals surface area (Å²) in [7, 11) is 2.26. The number of carbonyl (C=O) groups excluding carboxylic acids is 3. The van der Waals surface area contributed by atoms with Crippen LogP contribution in [0.5, 0.6) is 0 Å². The van der Waals surface area contributed by atoms with Crippen molar-refractivity contribution in [1.29, 1.82) is 0 Å². The van der Waals surface area contributed by atoms with Gasteiger partial charge in [0.25, 0.3) is 0 Å². The molecule has 2 spiro atoms. The zero-order valence-electron chi connectivity index (χ0n) is 52.6. The average Bonchev–Trinajstić information content (AvgIpc) is 2.96. The molecule has 6 aromatic rings. The van der Waals surface area contributed by atoms with Gasteiger partial charge < -0.3 is 33.8 Å². The van der Waals surface area contributed by atoms with Gasteiger partial charge in [0.15, 0.2) is 11.6 Å². The Kier molecular flexibility index (Phi) is 14.6. The van der Waals surface area contributed by atoms with Gasteiger partial charge in [-0.25, -0.2) is 9.59 Å². The standard InChI is InChI=1S/C34H48ClN7O3.C30H39ClN6O3/c1-20-11-26-25(15-36-37-26)28(29(20)35)27-21(2)42(23-13-34(14-23)18-40(19-34)31(43)45-32(3,4)5)38-30(27)41-10-9-22(12-33(41,6)7)39(8)24-16-44-17-24;1-17-10-22-21(14-32-33-22)24(25(17)31)23-18(2)37(34-26(23)36-9-8-20(38)13-29(36,6)7)19-11-30(12-19)15-35(16-30)27(39)40-28(3,4)5/h11,15,22-24H,9-10,12-14,16-19H2,1-8H3,(H,36,37);10,14,19H,8-9,11-13,15-16H2,1-7H3,(H,32,33). The van der Waals surface area contributed by atoms with Gasteiger partial charge in [0.2, 0.25) is 0 Å². The van der Waals surface area contributed by atoms with Crippen molar-refractivity contribution in [3.8, 4) is 22.3 Å². The van der Waals surface area contributed by atoms with Crippen molar-refractivity contribution in [2.24, 2.45) is 10.8 Å². The van der Waals surface area contributed by atoms with Gasteiger partial charge >= 0.3 is 12.2 Å². The number of Topliss-reactive ketones (excluding diaryl/α,β-unsaturated/α-hetero) is 1. The van der Waals surface area contributed by atoms with E-state index in [9.17, 15) is 14.4 Å². The summed E-state index contributed by atoms with van der Waals surface area (Å²) in [5, 5.41) is 29.2. The minimum absolute atomic E-state index is 0.114. The molecule has 7 aliphatic rings. The number of fused-ring (bicyclic) bond motifs is 2. The molecule has 458 valence electrons. The Hall–Kier alpha value is -5.89. The number of nitrogens with zero attached hydrogens (tertiary/aromatic N) is 11. The number of likely N-dealkylation sites (tertiary alicyclic amines) is 2. The molecule has 2 amide bonds. The number of rotatable bonds is 8. The summed E-state index contributed by atoms with van der Waals surface area (Å²) in [5.41, 5.74) is 8.94. The van der Waals surface area contributed by atoms with Crippen molar-refractivity contribution in [3.05, 3.63) is 57.1 Å². The zero-order chi connectivity index (χ0) is 60.8. The van der Waals surface area contributed by atoms with Crippen LogP contribution < -0.4 is 9.80 Å². The summed E-state index contributed by atoms with van der Waals surface area (Å²) in [4.78, 5) is 48.6. The van der Waals surface area contributed by atoms with Crippen molar-refractivity contribution < 1.29 is 28.6 Å². The number of likely N-dealkylation sites (N-methyl/N-ethyl adjacent to an activating group) is 1. The van der Waals surface area contributed by atoms with Crippen molar-refractivity contribution >= 4 is 74.6 Å². The van der Waals surface area contributed by atoms with Crippen molar-refractivity contribution in [2.75, 3.05) is 69.3 Å². The maximum Gasteiger partial charge on any atom is 0.410 e. The number of halogens is 2. The Morgan fingerprint density at radius 2 is 1.08 bits per heavy atom. The highest BCUT2D eigenvalue weighted by molar-refractivity contribution is 6.36. The van der Waals surface area contributed by atoms with E-state index >= 15 is 0 Å². The highest BCUT2D eigenvalue weighted by Crippen LogP contribution is 2.58. The lowest BCUT2D eigenvalue weighted by atomic mass is 9.60. The van der Waals surface area contributed by atoms with Gasteiger partial charge in [-0.2, -0.15) is 20.4 Å². The van der Waals surface area contributed by atoms with Gasteiger partial charge in [0.05, 0.1) is 64.8 Å². The number of H-pyrrole nitrogens is 2. The van der Waals surface area contributed by atoms with Crippen LogP contribution in [0.3, 0.4) is 0 Å². The van der Waals surface area contributed by atoms with Gasteiger partial charge in [-0.3, -0.25) is 29.3 Å². The number of carbonyl (C=O) groups is 3. The molecule has 9 heterocycles. The molecule has 2 saturated carbocycles. The fraction of sp³-hybridized carbons (Fsp3) is 0.641. The van der Waals surface area contributed by atoms with Crippen molar-refractivity contribution in [2.45, 2.75) is 195 Å². The Morgan fingerprint density at radius 1 is 0.647 bits per heavy atom. The highest BCUT2D eigenvalue weighted by Gasteiger charge is 2.57. The monoisotopic (exact) mass is 1200 g/mol. The van der Waals surface area contributed by atoms with Crippen molar-refractivity contribution in [1.82, 2.24) is 54.7 Å². The first-order valence-electron chi connectivity index (χ1n) is 30.6. The molecule has 0 bridgehead atoms. The summed E-state index contributed by atoms with van der Waals surface area (Å²) in [6, 6.07) is 5.61. The van der Waals surface area contributed by atoms with E-state index in [-0.39, 0.29) is 52.0 Å². The van der Waals surface area contributed by atoms with E-state index in [0.717, 1.165) is 168 Å². The number of aryl methyl sites for hydroxylation is 2. The van der Waals surface area contributed by atoms with Crippen LogP contribution in [0.2, 0.25) is 10.0 Å². The summed E-state index contributed by atoms with van der Waals surface area (Å²) in [6.07, 6.45) is 10.3. The number of aromatic amines is 2. The second kappa shape index (κ2) is 20.9. The molecule has 5 aliphatic heterocycles. The van der Waals surface area contributed by atoms with Gasteiger partial charge in [-0.05, 0) is 166 Å². The van der Waals surface area contributed by atoms with Crippen LogP contribution in [0.4, 0.5) is 21.2 Å². The van der Waals surface area contributed by atoms with Crippen LogP contribution in [-0.4, -0.2) is 167 Å². The summed E-state index contributed by atoms with van der Waals surface area (Å²) >= 11 is 14.2. The van der Waals surface area contributed by atoms with Crippen LogP contribution in [0, 0.1) is 38.5 Å². The molecule has 0 radical (unpaired) electrons. The summed E-state index contributed by atoms with van der Waals surface area (Å²) in [5.74, 6) is 2.16. The Bertz CT molecular complexity index is 3600. The SMILES string of the molecule is Cc1cc2[nH]ncc2c(-c2c(N3CCC(=O)CC3(C)C)nn(C3CC4(C3)CN(C(=O)OC(C)(C)C)C4)c2C)c1Cl.Cc1cc2[nH]ncc2c(-c2c(N3CCC(N(C)C4COC4)CC3(C)C)nn(C3CC4(C3)CN(C(=O)OC(C)(C)C)C4)c2C)c1Cl. The molecule has 13 rings (SSSR count). The number of hydrogen-bond donors (Lipinski definition) is 2. The van der Waals surface area contributed by atoms with E-state index in [1.54, 1.807) is 0 Å². The number of ketones is 1. The average molecular weight is 1210 g/mol. The summed E-state index contributed by atoms with van der Waals surface area (Å²) < 4.78 is 21.1. The first-order valence-corrected chi connectivity index (χ1v) is 31.4. The van der Waals surface area contributed by atoms with E-state index in [1.165, 1.54) is 0 Å². The quantitative estimate of drug-likeness (QED) is 0.147. The maximum absolute atomic E-state index is 12.6. The van der Waals surface area contributed by atoms with E-state index in [0.29, 0.717) is 36.5 Å². The van der Waals surface area contributed by atoms with Crippen LogP contribution in [0.25, 0.3) is 44.1 Å². The predicted molar refractivity (Wildman–Crippen MR) is 333 cm³/mol. The molecule has 19 nitrogen and oxygen atoms in total. The van der Waals surface area contributed by atoms with E-state index in [2.05, 4.69) is 106 Å². The molecule has 1 atom stereocenters. The van der Waals surface area contributed by atoms with Gasteiger partial charge in [0.1, 0.15) is 17.0 Å². The number of anilines is 2. The van der Waals surface area contributed by atoms with Crippen LogP contribution in [0.15, 0.2) is 24.5 Å². The van der Waals surface area contributed by atoms with Crippen LogP contribution in [-0.2, 0) is 19.0 Å². The number of ether oxygens (including phenoxy) is 3. The normalized spacial score (nSPS) is 22.7. The largest absolute Gasteiger partial charge is 0.444 e. The molecule has 2 aliphatic carbocycles. The van der Waals surface area contributed by atoms with Gasteiger partial charge in [0, 0.05) is 124 Å². The lowest BCUT2D eigenvalue weighted by Crippen LogP contribution is -2.64. The molecule has 7 fully saturated rings. The topological polar surface area (TPSA) is 188 Å². The zero-order valence-corrected chi connectivity index (χ0v) is 54.1. The van der Waals surface area contributed by atoms with Crippen LogP contribution >= 0.6 is 23.2 Å². The molecular weight excluding hydrogens is 1120 g/mol. The third kappa shape index (κ3) is 10.7. The van der Waals surface area contributed by atoms with E-state index < -0.39 is 11.2 Å². The molecule has 21 heteroatoms. The fourth-order valence-electron chi connectivity index (χ4n) is 15.2. The highest BCUT2D eigenvalue weighted by atomic mass is 35.5. The van der Waals surface area contributed by atoms with Gasteiger partial charge in [-0.1, -0.05) is 23.2 Å². The first-order chi connectivity index (χ1) is 39.8. The second-order valence-electron chi connectivity index (χ2n) is 29.6. The van der Waals surface area contributed by atoms with Crippen LogP contribution in [0.1, 0.15) is 155 Å². The smallest absolute Gasteiger partial charge is 0.410 e. The molecular formula is C64H87Cl2N13O6. The predicted octanol–water partition coefficient (Wildman–Crippen LogP) is 12.6. The number of amides is 2. The molecule has 5 saturated heterocycles. The minimum atomic E-state index is -0.495. The second-order valence-corrected chi connectivity index (χ2v) is 30.3. The minimum Gasteiger partial charge on any atom is -0.444 e. The van der Waals surface area contributed by atoms with Crippen molar-refractivity contribution in [3.63, 3.8) is 0 Å². The number of nitrogens with one attached hydrogen (secondary N) is 2. The fourth-order valence-corrected chi connectivity index (χ4v) is 15.7. The lowest BCUT2D eigenvalue weighted by molar-refractivity contribution is -0.121. The maximum atomic E-state index is 12.6. The first kappa shape index (κ1) is 59.4. The van der Waals surface area contributed by atoms with Gasteiger partial charge in [-0.15, -0.1) is 0 Å². The van der Waals surface area contributed by atoms with E-state index in [4.69, 9.17) is 47.6 Å². The Balaban J connectivity index is 0.000000168. The third-order valence-corrected chi connectivity index (χ3v) is 20.7. The molecule has 2 aromatic carbocycles. The molecule has 2 N–H and O–H groups in total. The number of piperidine rings is 2. The third-order valence-electron chi connectivity index (χ3n) is 19.7.